The summed E-state index contributed by atoms with van der Waals surface area (Å²) in [6, 6.07) is 17.2. The molecule has 0 aliphatic carbocycles. The molecule has 0 aromatic heterocycles. The van der Waals surface area contributed by atoms with Crippen LogP contribution in [0.3, 0.4) is 0 Å². The first-order valence-electron chi connectivity index (χ1n) is 20.1. The molecule has 0 N–H and O–H groups in total. The van der Waals surface area contributed by atoms with Crippen LogP contribution in [0.5, 0.6) is 0 Å². The predicted octanol–water partition coefficient (Wildman–Crippen LogP) is 6.94. The van der Waals surface area contributed by atoms with Gasteiger partial charge in [-0.1, -0.05) is 90.1 Å². The Bertz CT molecular complexity index is 1160. The summed E-state index contributed by atoms with van der Waals surface area (Å²) in [6.45, 7) is 27.8. The normalized spacial score (nSPS) is 13.4. The molecular formula is C44H74O11. The molecule has 0 radical (unpaired) electrons. The first-order chi connectivity index (χ1) is 26.4. The Morgan fingerprint density at radius 2 is 0.636 bits per heavy atom. The van der Waals surface area contributed by atoms with Crippen LogP contribution in [0.2, 0.25) is 0 Å². The molecule has 11 heteroatoms. The third-order valence-electron chi connectivity index (χ3n) is 8.38. The van der Waals surface area contributed by atoms with E-state index in [1.54, 1.807) is 0 Å². The topological polar surface area (TPSA) is 102 Å². The number of ether oxygens (including phenoxy) is 11. The van der Waals surface area contributed by atoms with Gasteiger partial charge in [0.25, 0.3) is 0 Å². The Balaban J connectivity index is 1.24. The largest absolute Gasteiger partial charge is 0.377 e. The van der Waals surface area contributed by atoms with Gasteiger partial charge in [-0.2, -0.15) is 0 Å². The fourth-order valence-electron chi connectivity index (χ4n) is 4.97. The minimum Gasteiger partial charge on any atom is -0.377 e. The summed E-state index contributed by atoms with van der Waals surface area (Å²) < 4.78 is 62.1. The van der Waals surface area contributed by atoms with E-state index in [2.05, 4.69) is 90.1 Å². The van der Waals surface area contributed by atoms with Crippen LogP contribution in [-0.4, -0.2) is 131 Å². The van der Waals surface area contributed by atoms with E-state index in [9.17, 15) is 0 Å². The van der Waals surface area contributed by atoms with Crippen LogP contribution in [0, 0.1) is 0 Å². The van der Waals surface area contributed by atoms with E-state index < -0.39 is 0 Å². The molecule has 2 atom stereocenters. The van der Waals surface area contributed by atoms with Crippen molar-refractivity contribution in [3.8, 4) is 0 Å². The maximum atomic E-state index is 5.84. The molecule has 0 aliphatic heterocycles. The highest BCUT2D eigenvalue weighted by Gasteiger charge is 2.14. The second-order valence-corrected chi connectivity index (χ2v) is 15.6. The maximum Gasteiger partial charge on any atom is 0.0781 e. The summed E-state index contributed by atoms with van der Waals surface area (Å²) in [5, 5.41) is 0. The monoisotopic (exact) mass is 779 g/mol. The molecular weight excluding hydrogens is 704 g/mol. The average Bonchev–Trinajstić information content (AvgIpc) is 3.15. The van der Waals surface area contributed by atoms with Crippen molar-refractivity contribution in [2.75, 3.05) is 119 Å². The van der Waals surface area contributed by atoms with E-state index in [0.29, 0.717) is 132 Å². The number of hydrogen-bond acceptors (Lipinski definition) is 11. The first kappa shape index (κ1) is 49.1. The lowest BCUT2D eigenvalue weighted by Crippen LogP contribution is -2.25. The minimum absolute atomic E-state index is 0.0402. The highest BCUT2D eigenvalue weighted by Crippen LogP contribution is 2.23. The van der Waals surface area contributed by atoms with Crippen molar-refractivity contribution in [3.63, 3.8) is 0 Å². The van der Waals surface area contributed by atoms with Gasteiger partial charge in [-0.05, 0) is 46.9 Å². The molecule has 0 aliphatic rings. The molecule has 11 nitrogen and oxygen atoms in total. The fraction of sp³-hybridized carbons (Fsp3) is 0.727. The summed E-state index contributed by atoms with van der Waals surface area (Å²) in [5.41, 5.74) is 5.31. The molecule has 2 aromatic rings. The van der Waals surface area contributed by atoms with Gasteiger partial charge in [0, 0.05) is 0 Å². The predicted molar refractivity (Wildman–Crippen MR) is 216 cm³/mol. The van der Waals surface area contributed by atoms with Crippen molar-refractivity contribution in [1.29, 1.82) is 0 Å². The fourth-order valence-corrected chi connectivity index (χ4v) is 4.97. The molecule has 0 saturated carbocycles. The van der Waals surface area contributed by atoms with Gasteiger partial charge in [-0.15, -0.1) is 0 Å². The van der Waals surface area contributed by atoms with Crippen molar-refractivity contribution in [2.45, 2.75) is 91.6 Å². The molecule has 2 rings (SSSR count). The highest BCUT2D eigenvalue weighted by molar-refractivity contribution is 5.28. The Morgan fingerprint density at radius 3 is 0.982 bits per heavy atom. The van der Waals surface area contributed by atoms with E-state index in [4.69, 9.17) is 52.1 Å². The number of rotatable bonds is 34. The second kappa shape index (κ2) is 30.1. The third kappa shape index (κ3) is 26.5. The van der Waals surface area contributed by atoms with Crippen molar-refractivity contribution in [2.24, 2.45) is 0 Å². The molecule has 0 spiro atoms. The van der Waals surface area contributed by atoms with E-state index in [1.165, 1.54) is 22.3 Å². The van der Waals surface area contributed by atoms with Crippen molar-refractivity contribution in [1.82, 2.24) is 0 Å². The van der Waals surface area contributed by atoms with Crippen LogP contribution in [0.1, 0.15) is 77.6 Å². The van der Waals surface area contributed by atoms with Crippen LogP contribution < -0.4 is 0 Å². The van der Waals surface area contributed by atoms with Crippen molar-refractivity contribution in [3.05, 3.63) is 70.8 Å². The van der Waals surface area contributed by atoms with E-state index >= 15 is 0 Å². The zero-order chi connectivity index (χ0) is 40.0. The SMILES string of the molecule is CC(COCCOCCOCCOCCOCc1ccc(C(C)(C)C)cc1)OCC(C)OCCOCCOCCOCCOCc1ccc(C(C)(C)C)cc1. The minimum atomic E-state index is -0.0406. The molecule has 0 bridgehead atoms. The van der Waals surface area contributed by atoms with Gasteiger partial charge >= 0.3 is 0 Å². The molecule has 2 aromatic carbocycles. The smallest absolute Gasteiger partial charge is 0.0781 e. The summed E-state index contributed by atoms with van der Waals surface area (Å²) in [6.07, 6.45) is -0.0809. The van der Waals surface area contributed by atoms with Crippen LogP contribution in [-0.2, 0) is 76.1 Å². The van der Waals surface area contributed by atoms with Gasteiger partial charge in [0.1, 0.15) is 0 Å². The van der Waals surface area contributed by atoms with Crippen molar-refractivity contribution < 1.29 is 52.1 Å². The average molecular weight is 779 g/mol. The number of hydrogen-bond donors (Lipinski definition) is 0. The van der Waals surface area contributed by atoms with Gasteiger partial charge in [-0.25, -0.2) is 0 Å². The molecule has 2 unspecified atom stereocenters. The molecule has 0 amide bonds. The van der Waals surface area contributed by atoms with Crippen LogP contribution in [0.15, 0.2) is 48.5 Å². The summed E-state index contributed by atoms with van der Waals surface area (Å²) in [7, 11) is 0. The lowest BCUT2D eigenvalue weighted by atomic mass is 9.87. The van der Waals surface area contributed by atoms with Gasteiger partial charge in [0.2, 0.25) is 0 Å². The molecule has 0 saturated heterocycles. The zero-order valence-corrected chi connectivity index (χ0v) is 35.4. The van der Waals surface area contributed by atoms with E-state index in [0.717, 1.165) is 0 Å². The van der Waals surface area contributed by atoms with Crippen molar-refractivity contribution >= 4 is 0 Å². The second-order valence-electron chi connectivity index (χ2n) is 15.6. The van der Waals surface area contributed by atoms with Gasteiger partial charge in [0.15, 0.2) is 0 Å². The molecule has 316 valence electrons. The highest BCUT2D eigenvalue weighted by atomic mass is 16.6. The standard InChI is InChI=1S/C44H74O11/c1-37(33-51-28-25-47-20-17-45-18-21-48-26-29-52-35-39-9-13-41(14-10-39)43(3,4)5)55-34-38(2)54-32-31-50-24-23-46-19-22-49-27-30-53-36-40-11-15-42(16-12-40)44(6,7)8/h9-16,37-38H,17-36H2,1-8H3. The Labute approximate surface area is 332 Å². The van der Waals surface area contributed by atoms with Gasteiger partial charge < -0.3 is 52.1 Å². The number of benzene rings is 2. The molecule has 55 heavy (non-hydrogen) atoms. The summed E-state index contributed by atoms with van der Waals surface area (Å²) >= 11 is 0. The summed E-state index contributed by atoms with van der Waals surface area (Å²) in [5.74, 6) is 0. The van der Waals surface area contributed by atoms with E-state index in [-0.39, 0.29) is 23.0 Å². The van der Waals surface area contributed by atoms with Crippen LogP contribution in [0.4, 0.5) is 0 Å². The first-order valence-corrected chi connectivity index (χ1v) is 20.1. The maximum absolute atomic E-state index is 5.84. The Kier molecular flexibility index (Phi) is 26.9. The van der Waals surface area contributed by atoms with Gasteiger partial charge in [0.05, 0.1) is 144 Å². The lowest BCUT2D eigenvalue weighted by Gasteiger charge is -2.19. The molecule has 0 fully saturated rings. The van der Waals surface area contributed by atoms with Gasteiger partial charge in [-0.3, -0.25) is 0 Å². The van der Waals surface area contributed by atoms with Crippen LogP contribution in [0.25, 0.3) is 0 Å². The lowest BCUT2D eigenvalue weighted by molar-refractivity contribution is -0.0732. The quantitative estimate of drug-likeness (QED) is 0.0691. The zero-order valence-electron chi connectivity index (χ0n) is 35.4. The summed E-state index contributed by atoms with van der Waals surface area (Å²) in [4.78, 5) is 0. The van der Waals surface area contributed by atoms with E-state index in [1.807, 2.05) is 13.8 Å². The third-order valence-corrected chi connectivity index (χ3v) is 8.38. The Morgan fingerprint density at radius 1 is 0.345 bits per heavy atom. The Hall–Kier alpha value is -2.00. The molecule has 0 heterocycles. The van der Waals surface area contributed by atoms with Crippen LogP contribution >= 0.6 is 0 Å².